The van der Waals surface area contributed by atoms with Crippen LogP contribution in [0.15, 0.2) is 23.2 Å². The lowest BCUT2D eigenvalue weighted by molar-refractivity contribution is -0.130. The topological polar surface area (TPSA) is 57.2 Å². The van der Waals surface area contributed by atoms with E-state index < -0.39 is 0 Å². The summed E-state index contributed by atoms with van der Waals surface area (Å²) in [6.07, 6.45) is 0. The number of aryl methyl sites for hydroxylation is 1. The Hall–Kier alpha value is -2.24. The lowest BCUT2D eigenvalue weighted by atomic mass is 10.1. The molecule has 2 rings (SSSR count). The van der Waals surface area contributed by atoms with Crippen LogP contribution in [-0.2, 0) is 11.3 Å². The first-order valence-corrected chi connectivity index (χ1v) is 8.47. The van der Waals surface area contributed by atoms with Crippen molar-refractivity contribution in [2.75, 3.05) is 39.8 Å². The summed E-state index contributed by atoms with van der Waals surface area (Å²) in [4.78, 5) is 20.3. The number of ether oxygens (including phenoxy) is 1. The molecule has 0 aromatic heterocycles. The lowest BCUT2D eigenvalue weighted by Gasteiger charge is -2.36. The summed E-state index contributed by atoms with van der Waals surface area (Å²) >= 11 is 0. The molecule has 0 radical (unpaired) electrons. The summed E-state index contributed by atoms with van der Waals surface area (Å²) in [7, 11) is 1.68. The van der Waals surface area contributed by atoms with E-state index in [9.17, 15) is 4.79 Å². The van der Waals surface area contributed by atoms with Gasteiger partial charge in [-0.1, -0.05) is 12.1 Å². The third kappa shape index (κ3) is 4.63. The molecule has 24 heavy (non-hydrogen) atoms. The maximum absolute atomic E-state index is 11.4. The number of methoxy groups -OCH3 is 1. The summed E-state index contributed by atoms with van der Waals surface area (Å²) in [5, 5.41) is 3.35. The summed E-state index contributed by atoms with van der Waals surface area (Å²) in [5.41, 5.74) is 2.27. The number of carbonyl (C=O) groups excluding carboxylic acids is 1. The van der Waals surface area contributed by atoms with Gasteiger partial charge in [-0.15, -0.1) is 0 Å². The quantitative estimate of drug-likeness (QED) is 0.673. The van der Waals surface area contributed by atoms with E-state index in [0.717, 1.165) is 55.6 Å². The zero-order chi connectivity index (χ0) is 17.5. The number of aliphatic imine (C=N–C) groups is 1. The Balaban J connectivity index is 2.03. The standard InChI is InChI=1S/C18H28N4O2/c1-5-19-18(22-10-8-21(9-11-22)15(3)23)20-13-16-6-7-17(24-4)14(2)12-16/h6-7,12H,5,8-11,13H2,1-4H3,(H,19,20). The fourth-order valence-electron chi connectivity index (χ4n) is 2.86. The van der Waals surface area contributed by atoms with Crippen LogP contribution in [-0.4, -0.2) is 61.5 Å². The maximum atomic E-state index is 11.4. The number of rotatable bonds is 4. The minimum Gasteiger partial charge on any atom is -0.496 e. The van der Waals surface area contributed by atoms with E-state index in [1.54, 1.807) is 14.0 Å². The molecule has 132 valence electrons. The van der Waals surface area contributed by atoms with Gasteiger partial charge in [-0.25, -0.2) is 4.99 Å². The zero-order valence-corrected chi connectivity index (χ0v) is 15.1. The highest BCUT2D eigenvalue weighted by Gasteiger charge is 2.20. The summed E-state index contributed by atoms with van der Waals surface area (Å²) in [6, 6.07) is 6.14. The molecule has 1 aromatic carbocycles. The number of guanidine groups is 1. The van der Waals surface area contributed by atoms with Crippen LogP contribution in [0, 0.1) is 6.92 Å². The molecule has 1 amide bonds. The minimum atomic E-state index is 0.144. The third-order valence-electron chi connectivity index (χ3n) is 4.23. The number of benzene rings is 1. The van der Waals surface area contributed by atoms with Gasteiger partial charge in [-0.2, -0.15) is 0 Å². The SMILES string of the molecule is CCNC(=NCc1ccc(OC)c(C)c1)N1CCN(C(C)=O)CC1. The second-order valence-electron chi connectivity index (χ2n) is 5.97. The first-order valence-electron chi connectivity index (χ1n) is 8.47. The average Bonchev–Trinajstić information content (AvgIpc) is 2.59. The molecule has 1 fully saturated rings. The van der Waals surface area contributed by atoms with Crippen LogP contribution in [0.2, 0.25) is 0 Å². The Bertz CT molecular complexity index is 593. The fourth-order valence-corrected chi connectivity index (χ4v) is 2.86. The highest BCUT2D eigenvalue weighted by molar-refractivity contribution is 5.80. The van der Waals surface area contributed by atoms with Gasteiger partial charge >= 0.3 is 0 Å². The monoisotopic (exact) mass is 332 g/mol. The summed E-state index contributed by atoms with van der Waals surface area (Å²) < 4.78 is 5.30. The van der Waals surface area contributed by atoms with Gasteiger partial charge in [0.05, 0.1) is 13.7 Å². The van der Waals surface area contributed by atoms with Crippen molar-refractivity contribution >= 4 is 11.9 Å². The van der Waals surface area contributed by atoms with Crippen LogP contribution in [0.25, 0.3) is 0 Å². The van der Waals surface area contributed by atoms with Crippen LogP contribution < -0.4 is 10.1 Å². The first-order chi connectivity index (χ1) is 11.5. The van der Waals surface area contributed by atoms with E-state index in [2.05, 4.69) is 23.2 Å². The van der Waals surface area contributed by atoms with Gasteiger partial charge in [0.15, 0.2) is 5.96 Å². The Morgan fingerprint density at radius 3 is 2.46 bits per heavy atom. The molecular formula is C18H28N4O2. The molecule has 0 bridgehead atoms. The van der Waals surface area contributed by atoms with Crippen molar-refractivity contribution in [2.24, 2.45) is 4.99 Å². The number of hydrogen-bond donors (Lipinski definition) is 1. The molecular weight excluding hydrogens is 304 g/mol. The number of hydrogen-bond acceptors (Lipinski definition) is 3. The molecule has 1 heterocycles. The fraction of sp³-hybridized carbons (Fsp3) is 0.556. The molecule has 0 spiro atoms. The van der Waals surface area contributed by atoms with Gasteiger partial charge in [0.1, 0.15) is 5.75 Å². The molecule has 0 aliphatic carbocycles. The van der Waals surface area contributed by atoms with Crippen molar-refractivity contribution in [3.8, 4) is 5.75 Å². The van der Waals surface area contributed by atoms with Crippen molar-refractivity contribution in [3.63, 3.8) is 0 Å². The highest BCUT2D eigenvalue weighted by Crippen LogP contribution is 2.19. The molecule has 0 saturated carbocycles. The van der Waals surface area contributed by atoms with E-state index in [4.69, 9.17) is 9.73 Å². The Morgan fingerprint density at radius 2 is 1.92 bits per heavy atom. The second kappa shape index (κ2) is 8.57. The van der Waals surface area contributed by atoms with E-state index in [1.165, 1.54) is 0 Å². The molecule has 1 saturated heterocycles. The Kier molecular flexibility index (Phi) is 6.46. The van der Waals surface area contributed by atoms with E-state index in [0.29, 0.717) is 6.54 Å². The lowest BCUT2D eigenvalue weighted by Crippen LogP contribution is -2.53. The van der Waals surface area contributed by atoms with Gasteiger partial charge in [0.2, 0.25) is 5.91 Å². The van der Waals surface area contributed by atoms with Crippen LogP contribution in [0.3, 0.4) is 0 Å². The molecule has 6 nitrogen and oxygen atoms in total. The van der Waals surface area contributed by atoms with E-state index in [-0.39, 0.29) is 5.91 Å². The van der Waals surface area contributed by atoms with Crippen LogP contribution >= 0.6 is 0 Å². The number of piperazine rings is 1. The molecule has 1 aliphatic rings. The number of amides is 1. The number of nitrogens with one attached hydrogen (secondary N) is 1. The highest BCUT2D eigenvalue weighted by atomic mass is 16.5. The summed E-state index contributed by atoms with van der Waals surface area (Å²) in [6.45, 7) is 10.3. The van der Waals surface area contributed by atoms with E-state index >= 15 is 0 Å². The van der Waals surface area contributed by atoms with Gasteiger partial charge in [0, 0.05) is 39.6 Å². The molecule has 0 atom stereocenters. The minimum absolute atomic E-state index is 0.144. The smallest absolute Gasteiger partial charge is 0.219 e. The van der Waals surface area contributed by atoms with E-state index in [1.807, 2.05) is 24.0 Å². The molecule has 1 aliphatic heterocycles. The van der Waals surface area contributed by atoms with Crippen LogP contribution in [0.4, 0.5) is 0 Å². The van der Waals surface area contributed by atoms with Crippen molar-refractivity contribution in [2.45, 2.75) is 27.3 Å². The van der Waals surface area contributed by atoms with Crippen molar-refractivity contribution in [1.82, 2.24) is 15.1 Å². The predicted octanol–water partition coefficient (Wildman–Crippen LogP) is 1.63. The molecule has 1 N–H and O–H groups in total. The van der Waals surface area contributed by atoms with Gasteiger partial charge < -0.3 is 19.9 Å². The summed E-state index contributed by atoms with van der Waals surface area (Å²) in [5.74, 6) is 1.95. The Morgan fingerprint density at radius 1 is 1.25 bits per heavy atom. The second-order valence-corrected chi connectivity index (χ2v) is 5.97. The van der Waals surface area contributed by atoms with Crippen LogP contribution in [0.1, 0.15) is 25.0 Å². The van der Waals surface area contributed by atoms with Crippen molar-refractivity contribution < 1.29 is 9.53 Å². The number of nitrogens with zero attached hydrogens (tertiary/aromatic N) is 3. The van der Waals surface area contributed by atoms with Crippen LogP contribution in [0.5, 0.6) is 5.75 Å². The first kappa shape index (κ1) is 18.1. The van der Waals surface area contributed by atoms with Gasteiger partial charge in [-0.05, 0) is 31.0 Å². The van der Waals surface area contributed by atoms with Gasteiger partial charge in [-0.3, -0.25) is 4.79 Å². The average molecular weight is 332 g/mol. The van der Waals surface area contributed by atoms with Gasteiger partial charge in [0.25, 0.3) is 0 Å². The van der Waals surface area contributed by atoms with Crippen molar-refractivity contribution in [1.29, 1.82) is 0 Å². The Labute approximate surface area is 144 Å². The zero-order valence-electron chi connectivity index (χ0n) is 15.1. The molecule has 0 unspecified atom stereocenters. The normalized spacial score (nSPS) is 15.4. The maximum Gasteiger partial charge on any atom is 0.219 e. The molecule has 6 heteroatoms. The molecule has 1 aromatic rings. The third-order valence-corrected chi connectivity index (χ3v) is 4.23. The van der Waals surface area contributed by atoms with Crippen molar-refractivity contribution in [3.05, 3.63) is 29.3 Å². The largest absolute Gasteiger partial charge is 0.496 e. The number of carbonyl (C=O) groups is 1. The predicted molar refractivity (Wildman–Crippen MR) is 96.4 cm³/mol.